The zero-order valence-electron chi connectivity index (χ0n) is 8.38. The third-order valence-electron chi connectivity index (χ3n) is 1.29. The second-order valence-electron chi connectivity index (χ2n) is 2.48. The lowest BCUT2D eigenvalue weighted by Gasteiger charge is -2.18. The fourth-order valence-corrected chi connectivity index (χ4v) is 0.714. The maximum Gasteiger partial charge on any atom is 0.336 e. The molecular weight excluding hydrogens is 224 g/mol. The SMILES string of the molecule is O=C(O)CC(O)(CC(=O)O)C(=O)O.[C-]#N.[NH4+]. The molecule has 0 rings (SSSR count). The number of carboxylic acids is 3. The second-order valence-corrected chi connectivity index (χ2v) is 2.48. The number of carboxylic acid groups (broad SMARTS) is 3. The molecule has 0 aromatic heterocycles. The summed E-state index contributed by atoms with van der Waals surface area (Å²) in [6.45, 7) is 4.75. The van der Waals surface area contributed by atoms with Crippen molar-refractivity contribution >= 4 is 17.9 Å². The van der Waals surface area contributed by atoms with Crippen molar-refractivity contribution in [3.05, 3.63) is 6.57 Å². The van der Waals surface area contributed by atoms with Crippen LogP contribution < -0.4 is 6.15 Å². The topological polar surface area (TPSA) is 192 Å². The summed E-state index contributed by atoms with van der Waals surface area (Å²) in [5, 5.41) is 40.1. The minimum atomic E-state index is -2.74. The standard InChI is InChI=1S/C6H8O7.CN.H3N/c7-3(8)1-6(13,5(11)12)2-4(9)10;1-2;/h13H,1-2H2,(H,7,8)(H,9,10)(H,11,12);;1H3/q;-1;/p+1. The molecule has 0 radical (unpaired) electrons. The fourth-order valence-electron chi connectivity index (χ4n) is 0.714. The molecule has 9 nitrogen and oxygen atoms in total. The Morgan fingerprint density at radius 3 is 1.38 bits per heavy atom. The first kappa shape index (κ1) is 19.4. The van der Waals surface area contributed by atoms with Gasteiger partial charge in [0.15, 0.2) is 5.60 Å². The van der Waals surface area contributed by atoms with Gasteiger partial charge in [0.25, 0.3) is 0 Å². The lowest BCUT2D eigenvalue weighted by atomic mass is 9.96. The molecule has 0 aliphatic heterocycles. The molecule has 16 heavy (non-hydrogen) atoms. The van der Waals surface area contributed by atoms with Crippen LogP contribution in [0.3, 0.4) is 0 Å². The lowest BCUT2D eigenvalue weighted by Crippen LogP contribution is -2.42. The summed E-state index contributed by atoms with van der Waals surface area (Å²) in [5.41, 5.74) is -2.74. The highest BCUT2D eigenvalue weighted by Gasteiger charge is 2.40. The van der Waals surface area contributed by atoms with Gasteiger partial charge in [-0.3, -0.25) is 9.59 Å². The van der Waals surface area contributed by atoms with E-state index in [1.54, 1.807) is 0 Å². The number of aliphatic hydroxyl groups is 1. The Kier molecular flexibility index (Phi) is 9.89. The summed E-state index contributed by atoms with van der Waals surface area (Å²) in [6, 6.07) is 0. The zero-order chi connectivity index (χ0) is 12.6. The lowest BCUT2D eigenvalue weighted by molar-refractivity contribution is -0.170. The van der Waals surface area contributed by atoms with E-state index in [1.165, 1.54) is 0 Å². The minimum absolute atomic E-state index is 0. The molecule has 0 amide bonds. The minimum Gasteiger partial charge on any atom is -0.512 e. The summed E-state index contributed by atoms with van der Waals surface area (Å²) in [4.78, 5) is 30.5. The van der Waals surface area contributed by atoms with Crippen LogP contribution in [-0.2, 0) is 14.4 Å². The molecule has 8 N–H and O–H groups in total. The van der Waals surface area contributed by atoms with Gasteiger partial charge in [0.2, 0.25) is 0 Å². The van der Waals surface area contributed by atoms with Crippen molar-refractivity contribution in [1.82, 2.24) is 6.15 Å². The van der Waals surface area contributed by atoms with Crippen LogP contribution in [0.4, 0.5) is 0 Å². The molecule has 0 aromatic carbocycles. The number of quaternary nitrogens is 1. The van der Waals surface area contributed by atoms with Gasteiger partial charge >= 0.3 is 17.9 Å². The Morgan fingerprint density at radius 2 is 1.25 bits per heavy atom. The molecule has 0 spiro atoms. The molecule has 0 aromatic rings. The Morgan fingerprint density at radius 1 is 1.00 bits per heavy atom. The number of nitrogens with zero attached hydrogens (tertiary/aromatic N) is 1. The molecule has 0 fully saturated rings. The summed E-state index contributed by atoms with van der Waals surface area (Å²) in [6.07, 6.45) is -2.29. The van der Waals surface area contributed by atoms with E-state index >= 15 is 0 Å². The molecule has 0 bridgehead atoms. The van der Waals surface area contributed by atoms with E-state index in [9.17, 15) is 14.4 Å². The van der Waals surface area contributed by atoms with Crippen LogP contribution in [0.25, 0.3) is 0 Å². The van der Waals surface area contributed by atoms with Gasteiger partial charge in [0, 0.05) is 0 Å². The van der Waals surface area contributed by atoms with Crippen LogP contribution in [0.5, 0.6) is 0 Å². The molecule has 0 atom stereocenters. The number of rotatable bonds is 5. The van der Waals surface area contributed by atoms with E-state index < -0.39 is 36.4 Å². The van der Waals surface area contributed by atoms with Gasteiger partial charge in [-0.05, 0) is 0 Å². The van der Waals surface area contributed by atoms with E-state index in [1.807, 2.05) is 0 Å². The first-order chi connectivity index (χ1) is 6.78. The normalized spacial score (nSPS) is 8.94. The number of aliphatic carboxylic acids is 3. The Bertz CT molecular complexity index is 270. The third kappa shape index (κ3) is 7.25. The first-order valence-corrected chi connectivity index (χ1v) is 3.39. The van der Waals surface area contributed by atoms with E-state index in [4.69, 9.17) is 32.3 Å². The van der Waals surface area contributed by atoms with Crippen LogP contribution in [0.15, 0.2) is 0 Å². The smallest absolute Gasteiger partial charge is 0.336 e. The predicted molar refractivity (Wildman–Crippen MR) is 48.0 cm³/mol. The Labute approximate surface area is 90.1 Å². The average molecular weight is 236 g/mol. The third-order valence-corrected chi connectivity index (χ3v) is 1.29. The summed E-state index contributed by atoms with van der Waals surface area (Å²) < 4.78 is 0. The van der Waals surface area contributed by atoms with Crippen molar-refractivity contribution in [2.75, 3.05) is 0 Å². The van der Waals surface area contributed by atoms with Crippen molar-refractivity contribution < 1.29 is 34.8 Å². The quantitative estimate of drug-likeness (QED) is 0.383. The van der Waals surface area contributed by atoms with Crippen LogP contribution in [0.2, 0.25) is 0 Å². The largest absolute Gasteiger partial charge is 0.512 e. The molecule has 0 aliphatic carbocycles. The fraction of sp³-hybridized carbons (Fsp3) is 0.429. The van der Waals surface area contributed by atoms with Crippen molar-refractivity contribution in [1.29, 1.82) is 5.26 Å². The maximum atomic E-state index is 10.3. The number of carbonyl (C=O) groups is 3. The first-order valence-electron chi connectivity index (χ1n) is 3.39. The van der Waals surface area contributed by atoms with E-state index in [0.29, 0.717) is 0 Å². The van der Waals surface area contributed by atoms with Gasteiger partial charge in [-0.15, -0.1) is 0 Å². The van der Waals surface area contributed by atoms with Gasteiger partial charge in [-0.1, -0.05) is 0 Å². The molecule has 0 saturated carbocycles. The van der Waals surface area contributed by atoms with Gasteiger partial charge < -0.3 is 38.4 Å². The van der Waals surface area contributed by atoms with Gasteiger partial charge in [-0.2, -0.15) is 0 Å². The van der Waals surface area contributed by atoms with Crippen LogP contribution in [0, 0.1) is 11.8 Å². The molecule has 9 heteroatoms. The summed E-state index contributed by atoms with van der Waals surface area (Å²) in [7, 11) is 0. The number of hydrogen-bond acceptors (Lipinski definition) is 5. The molecular formula is C7H12N2O7. The monoisotopic (exact) mass is 236 g/mol. The van der Waals surface area contributed by atoms with Gasteiger partial charge in [0.1, 0.15) is 0 Å². The molecule has 0 heterocycles. The predicted octanol–water partition coefficient (Wildman–Crippen LogP) is -0.776. The Hall–Kier alpha value is -2.18. The van der Waals surface area contributed by atoms with Gasteiger partial charge in [-0.25, -0.2) is 4.79 Å². The molecule has 0 saturated heterocycles. The molecule has 0 unspecified atom stereocenters. The molecule has 92 valence electrons. The van der Waals surface area contributed by atoms with Crippen LogP contribution in [0.1, 0.15) is 12.8 Å². The van der Waals surface area contributed by atoms with Crippen molar-refractivity contribution in [3.63, 3.8) is 0 Å². The van der Waals surface area contributed by atoms with Crippen molar-refractivity contribution in [3.8, 4) is 0 Å². The van der Waals surface area contributed by atoms with E-state index in [2.05, 4.69) is 0 Å². The van der Waals surface area contributed by atoms with Crippen LogP contribution in [-0.4, -0.2) is 43.9 Å². The highest BCUT2D eigenvalue weighted by atomic mass is 16.4. The maximum absolute atomic E-state index is 10.3. The highest BCUT2D eigenvalue weighted by molar-refractivity contribution is 5.88. The van der Waals surface area contributed by atoms with Crippen molar-refractivity contribution in [2.45, 2.75) is 18.4 Å². The van der Waals surface area contributed by atoms with Crippen molar-refractivity contribution in [2.24, 2.45) is 0 Å². The van der Waals surface area contributed by atoms with E-state index in [-0.39, 0.29) is 6.15 Å². The summed E-state index contributed by atoms with van der Waals surface area (Å²) >= 11 is 0. The summed E-state index contributed by atoms with van der Waals surface area (Å²) in [5.74, 6) is -5.02. The highest BCUT2D eigenvalue weighted by Crippen LogP contribution is 2.15. The zero-order valence-corrected chi connectivity index (χ0v) is 8.38. The van der Waals surface area contributed by atoms with Gasteiger partial charge in [0.05, 0.1) is 12.8 Å². The number of hydrogen-bond donors (Lipinski definition) is 5. The molecule has 0 aliphatic rings. The average Bonchev–Trinajstić information content (AvgIpc) is 2.04. The Balaban J connectivity index is -0.000000529. The van der Waals surface area contributed by atoms with Crippen LogP contribution >= 0.6 is 0 Å². The second kappa shape index (κ2) is 8.16. The van der Waals surface area contributed by atoms with E-state index in [0.717, 1.165) is 0 Å².